The number of hydrogen-bond acceptors (Lipinski definition) is 5. The van der Waals surface area contributed by atoms with Gasteiger partial charge in [-0.3, -0.25) is 0 Å². The fraction of sp³-hybridized carbons (Fsp3) is 0.273. The number of halogens is 2. The Bertz CT molecular complexity index is 503. The van der Waals surface area contributed by atoms with Gasteiger partial charge in [0.1, 0.15) is 11.4 Å². The predicted octanol–water partition coefficient (Wildman–Crippen LogP) is 3.16. The van der Waals surface area contributed by atoms with Crippen LogP contribution in [0.25, 0.3) is 0 Å². The van der Waals surface area contributed by atoms with Crippen molar-refractivity contribution < 1.29 is 18.7 Å². The average Bonchev–Trinajstić information content (AvgIpc) is 2.31. The predicted molar refractivity (Wildman–Crippen MR) is 68.2 cm³/mol. The molecule has 1 rings (SSSR count). The molecule has 0 atom stereocenters. The molecule has 18 heavy (non-hydrogen) atoms. The molecule has 0 amide bonds. The van der Waals surface area contributed by atoms with Crippen LogP contribution >= 0.6 is 23.8 Å². The molecule has 1 aromatic carbocycles. The van der Waals surface area contributed by atoms with Crippen LogP contribution in [0.1, 0.15) is 6.92 Å². The minimum absolute atomic E-state index is 0.0279. The average molecular weight is 290 g/mol. The molecule has 7 heteroatoms. The number of isothiocyanates is 1. The molecule has 0 unspecified atom stereocenters. The number of carbonyl (C=O) groups excluding carboxylic acids is 1. The Kier molecular flexibility index (Phi) is 5.71. The quantitative estimate of drug-likeness (QED) is 0.475. The third-order valence-electron chi connectivity index (χ3n) is 1.82. The fourth-order valence-electron chi connectivity index (χ4n) is 1.10. The van der Waals surface area contributed by atoms with Gasteiger partial charge in [-0.15, -0.1) is 0 Å². The topological polar surface area (TPSA) is 47.9 Å². The normalized spacial score (nSPS) is 9.50. The summed E-state index contributed by atoms with van der Waals surface area (Å²) in [6.45, 7) is 1.61. The lowest BCUT2D eigenvalue weighted by atomic mass is 10.3. The number of carbonyl (C=O) groups is 1. The molecule has 0 aliphatic rings. The van der Waals surface area contributed by atoms with Gasteiger partial charge in [0.05, 0.1) is 16.8 Å². The van der Waals surface area contributed by atoms with E-state index < -0.39 is 11.8 Å². The van der Waals surface area contributed by atoms with Crippen molar-refractivity contribution in [2.45, 2.75) is 6.92 Å². The van der Waals surface area contributed by atoms with E-state index in [1.165, 1.54) is 6.07 Å². The van der Waals surface area contributed by atoms with Crippen LogP contribution < -0.4 is 4.74 Å². The minimum atomic E-state index is -0.652. The second kappa shape index (κ2) is 7.06. The van der Waals surface area contributed by atoms with E-state index in [-0.39, 0.29) is 29.7 Å². The fourth-order valence-corrected chi connectivity index (χ4v) is 1.41. The summed E-state index contributed by atoms with van der Waals surface area (Å²) in [5.74, 6) is -1.08. The highest BCUT2D eigenvalue weighted by Crippen LogP contribution is 2.31. The van der Waals surface area contributed by atoms with Gasteiger partial charge >= 0.3 is 5.97 Å². The van der Waals surface area contributed by atoms with E-state index in [9.17, 15) is 9.18 Å². The number of hydrogen-bond donors (Lipinski definition) is 0. The Morgan fingerprint density at radius 3 is 2.94 bits per heavy atom. The number of ether oxygens (including phenoxy) is 2. The van der Waals surface area contributed by atoms with Crippen LogP contribution in [0.15, 0.2) is 17.1 Å². The Balaban J connectivity index is 2.85. The molecule has 0 N–H and O–H groups in total. The van der Waals surface area contributed by atoms with Crippen LogP contribution in [0, 0.1) is 5.82 Å². The monoisotopic (exact) mass is 289 g/mol. The number of aliphatic imine (C=N–C) groups is 1. The summed E-state index contributed by atoms with van der Waals surface area (Å²) in [5.41, 5.74) is -0.0618. The SMILES string of the molecule is CCOC(=O)COc1cc(N=C=S)c(F)cc1Cl. The Hall–Kier alpha value is -1.49. The van der Waals surface area contributed by atoms with Crippen molar-refractivity contribution in [2.24, 2.45) is 4.99 Å². The molecule has 0 aliphatic carbocycles. The van der Waals surface area contributed by atoms with Crippen molar-refractivity contribution in [3.05, 3.63) is 23.0 Å². The van der Waals surface area contributed by atoms with Crippen molar-refractivity contribution in [1.29, 1.82) is 0 Å². The summed E-state index contributed by atoms with van der Waals surface area (Å²) in [7, 11) is 0. The molecular formula is C11H9ClFNO3S. The molecule has 1 aromatic rings. The molecule has 0 bridgehead atoms. The number of rotatable bonds is 5. The van der Waals surface area contributed by atoms with Gasteiger partial charge in [0, 0.05) is 6.07 Å². The molecule has 96 valence electrons. The summed E-state index contributed by atoms with van der Waals surface area (Å²) in [6, 6.07) is 2.25. The number of esters is 1. The first-order valence-electron chi connectivity index (χ1n) is 4.93. The molecule has 0 aromatic heterocycles. The maximum absolute atomic E-state index is 13.3. The minimum Gasteiger partial charge on any atom is -0.480 e. The van der Waals surface area contributed by atoms with E-state index in [1.807, 2.05) is 5.16 Å². The standard InChI is InChI=1S/C11H9ClFNO3S/c1-2-16-11(15)5-17-10-4-9(14-6-18)8(13)3-7(10)12/h3-4H,2,5H2,1H3. The highest BCUT2D eigenvalue weighted by atomic mass is 35.5. The molecule has 0 saturated carbocycles. The Labute approximate surface area is 113 Å². The third-order valence-corrected chi connectivity index (χ3v) is 2.20. The Morgan fingerprint density at radius 2 is 2.33 bits per heavy atom. The smallest absolute Gasteiger partial charge is 0.344 e. The molecule has 0 radical (unpaired) electrons. The van der Waals surface area contributed by atoms with Crippen molar-refractivity contribution in [2.75, 3.05) is 13.2 Å². The van der Waals surface area contributed by atoms with Crippen LogP contribution in [0.5, 0.6) is 5.75 Å². The van der Waals surface area contributed by atoms with Gasteiger partial charge in [-0.05, 0) is 25.2 Å². The Morgan fingerprint density at radius 1 is 1.61 bits per heavy atom. The van der Waals surface area contributed by atoms with Crippen molar-refractivity contribution in [1.82, 2.24) is 0 Å². The molecule has 0 aliphatic heterocycles. The van der Waals surface area contributed by atoms with Gasteiger partial charge < -0.3 is 9.47 Å². The zero-order valence-corrected chi connectivity index (χ0v) is 11.0. The third kappa shape index (κ3) is 4.07. The number of thiocarbonyl (C=S) groups is 1. The van der Waals surface area contributed by atoms with Gasteiger partial charge in [-0.2, -0.15) is 4.99 Å². The van der Waals surface area contributed by atoms with Crippen LogP contribution in [0.2, 0.25) is 5.02 Å². The lowest BCUT2D eigenvalue weighted by Gasteiger charge is -2.08. The van der Waals surface area contributed by atoms with Crippen LogP contribution in [-0.4, -0.2) is 24.3 Å². The summed E-state index contributed by atoms with van der Waals surface area (Å²) >= 11 is 10.1. The van der Waals surface area contributed by atoms with E-state index in [2.05, 4.69) is 21.9 Å². The van der Waals surface area contributed by atoms with Gasteiger partial charge in [-0.25, -0.2) is 9.18 Å². The van der Waals surface area contributed by atoms with E-state index in [1.54, 1.807) is 6.92 Å². The largest absolute Gasteiger partial charge is 0.480 e. The lowest BCUT2D eigenvalue weighted by Crippen LogP contribution is -2.14. The zero-order chi connectivity index (χ0) is 13.5. The number of benzene rings is 1. The summed E-state index contributed by atoms with van der Waals surface area (Å²) in [5, 5.41) is 2.06. The molecule has 0 spiro atoms. The van der Waals surface area contributed by atoms with E-state index in [4.69, 9.17) is 16.3 Å². The van der Waals surface area contributed by atoms with Gasteiger partial charge in [-0.1, -0.05) is 11.6 Å². The van der Waals surface area contributed by atoms with E-state index >= 15 is 0 Å². The maximum Gasteiger partial charge on any atom is 0.344 e. The van der Waals surface area contributed by atoms with Crippen LogP contribution in [0.4, 0.5) is 10.1 Å². The molecule has 0 fully saturated rings. The molecule has 0 heterocycles. The van der Waals surface area contributed by atoms with Crippen molar-refractivity contribution in [3.63, 3.8) is 0 Å². The zero-order valence-electron chi connectivity index (χ0n) is 9.41. The number of nitrogens with zero attached hydrogens (tertiary/aromatic N) is 1. The molecule has 0 saturated heterocycles. The highest BCUT2D eigenvalue weighted by Gasteiger charge is 2.11. The van der Waals surface area contributed by atoms with Gasteiger partial charge in [0.25, 0.3) is 0 Å². The van der Waals surface area contributed by atoms with E-state index in [0.717, 1.165) is 6.07 Å². The highest BCUT2D eigenvalue weighted by molar-refractivity contribution is 7.78. The first-order valence-corrected chi connectivity index (χ1v) is 5.72. The second-order valence-electron chi connectivity index (χ2n) is 3.03. The van der Waals surface area contributed by atoms with Crippen LogP contribution in [-0.2, 0) is 9.53 Å². The first-order chi connectivity index (χ1) is 8.58. The summed E-state index contributed by atoms with van der Waals surface area (Å²) < 4.78 is 23.1. The van der Waals surface area contributed by atoms with Gasteiger partial charge in [0.2, 0.25) is 0 Å². The molecule has 4 nitrogen and oxygen atoms in total. The van der Waals surface area contributed by atoms with Crippen molar-refractivity contribution in [3.8, 4) is 5.75 Å². The van der Waals surface area contributed by atoms with Crippen LogP contribution in [0.3, 0.4) is 0 Å². The first kappa shape index (κ1) is 14.6. The van der Waals surface area contributed by atoms with E-state index in [0.29, 0.717) is 0 Å². The summed E-state index contributed by atoms with van der Waals surface area (Å²) in [6.07, 6.45) is 0. The molecular weight excluding hydrogens is 281 g/mol. The van der Waals surface area contributed by atoms with Crippen molar-refractivity contribution >= 4 is 40.6 Å². The van der Waals surface area contributed by atoms with Gasteiger partial charge in [0.15, 0.2) is 12.4 Å². The summed E-state index contributed by atoms with van der Waals surface area (Å²) in [4.78, 5) is 14.6. The maximum atomic E-state index is 13.3. The second-order valence-corrected chi connectivity index (χ2v) is 3.62. The lowest BCUT2D eigenvalue weighted by molar-refractivity contribution is -0.145.